The topological polar surface area (TPSA) is 67.8 Å². The van der Waals surface area contributed by atoms with Gasteiger partial charge in [-0.3, -0.25) is 0 Å². The molecule has 0 aromatic carbocycles. The molecule has 0 atom stereocenters. The summed E-state index contributed by atoms with van der Waals surface area (Å²) in [6, 6.07) is 0. The SMILES string of the molecule is CCC[N+](CC)(CC)CCOCC.CCOCCOCCC(=O)[O-]. The molecule has 6 nitrogen and oxygen atoms in total. The molecule has 146 valence electrons. The molecule has 0 unspecified atom stereocenters. The van der Waals surface area contributed by atoms with Gasteiger partial charge in [-0.25, -0.2) is 0 Å². The molecule has 0 radical (unpaired) electrons. The van der Waals surface area contributed by atoms with Crippen molar-refractivity contribution in [2.45, 2.75) is 47.5 Å². The summed E-state index contributed by atoms with van der Waals surface area (Å²) in [6.07, 6.45) is 1.22. The van der Waals surface area contributed by atoms with Crippen LogP contribution in [0.1, 0.15) is 47.5 Å². The van der Waals surface area contributed by atoms with Crippen LogP contribution >= 0.6 is 0 Å². The molecular weight excluding hydrogens is 310 g/mol. The fourth-order valence-corrected chi connectivity index (χ4v) is 2.36. The fourth-order valence-electron chi connectivity index (χ4n) is 2.36. The number of hydrogen-bond acceptors (Lipinski definition) is 5. The Kier molecular flexibility index (Phi) is 19.8. The largest absolute Gasteiger partial charge is 0.550 e. The Morgan fingerprint density at radius 3 is 1.79 bits per heavy atom. The van der Waals surface area contributed by atoms with E-state index in [1.807, 2.05) is 6.92 Å². The molecule has 0 spiro atoms. The van der Waals surface area contributed by atoms with E-state index in [2.05, 4.69) is 27.7 Å². The second kappa shape index (κ2) is 18.6. The lowest BCUT2D eigenvalue weighted by atomic mass is 10.3. The summed E-state index contributed by atoms with van der Waals surface area (Å²) in [5.41, 5.74) is 0. The van der Waals surface area contributed by atoms with E-state index in [1.165, 1.54) is 37.1 Å². The summed E-state index contributed by atoms with van der Waals surface area (Å²) < 4.78 is 16.5. The molecule has 0 N–H and O–H groups in total. The number of nitrogens with zero attached hydrogens (tertiary/aromatic N) is 1. The first-order valence-electron chi connectivity index (χ1n) is 9.29. The molecule has 0 rings (SSSR count). The normalized spacial score (nSPS) is 11.0. The number of ether oxygens (including phenoxy) is 3. The Bertz CT molecular complexity index is 270. The molecule has 24 heavy (non-hydrogen) atoms. The van der Waals surface area contributed by atoms with E-state index in [0.717, 1.165) is 13.2 Å². The van der Waals surface area contributed by atoms with Gasteiger partial charge in [0.15, 0.2) is 0 Å². The van der Waals surface area contributed by atoms with Crippen LogP contribution in [-0.4, -0.2) is 76.3 Å². The molecule has 0 saturated carbocycles. The second-order valence-corrected chi connectivity index (χ2v) is 5.55. The van der Waals surface area contributed by atoms with Gasteiger partial charge in [-0.05, 0) is 34.1 Å². The lowest BCUT2D eigenvalue weighted by Crippen LogP contribution is -2.50. The highest BCUT2D eigenvalue weighted by molar-refractivity contribution is 5.64. The van der Waals surface area contributed by atoms with Crippen molar-refractivity contribution in [2.75, 3.05) is 65.8 Å². The molecule has 0 heterocycles. The summed E-state index contributed by atoms with van der Waals surface area (Å²) in [7, 11) is 0. The van der Waals surface area contributed by atoms with Crippen LogP contribution in [0.15, 0.2) is 0 Å². The summed E-state index contributed by atoms with van der Waals surface area (Å²) in [4.78, 5) is 9.87. The maximum atomic E-state index is 9.87. The van der Waals surface area contributed by atoms with Gasteiger partial charge >= 0.3 is 0 Å². The minimum absolute atomic E-state index is 0.0495. The standard InChI is InChI=1S/C11H26NO.C7H14O4/c1-5-9-12(6-2,7-3)10-11-13-8-4;1-2-10-5-6-11-4-3-7(8)9/h5-11H2,1-4H3;2-6H2,1H3,(H,8,9)/q+1;/p-1. The minimum Gasteiger partial charge on any atom is -0.550 e. The van der Waals surface area contributed by atoms with Crippen molar-refractivity contribution in [3.63, 3.8) is 0 Å². The van der Waals surface area contributed by atoms with Gasteiger partial charge in [0.25, 0.3) is 0 Å². The molecule has 0 aromatic heterocycles. The number of carboxylic acids is 1. The van der Waals surface area contributed by atoms with E-state index in [4.69, 9.17) is 14.2 Å². The van der Waals surface area contributed by atoms with Gasteiger partial charge in [0, 0.05) is 25.6 Å². The molecule has 0 aliphatic heterocycles. The van der Waals surface area contributed by atoms with Crippen molar-refractivity contribution < 1.29 is 28.6 Å². The molecule has 0 saturated heterocycles. The molecule has 0 aliphatic rings. The predicted molar refractivity (Wildman–Crippen MR) is 94.8 cm³/mol. The van der Waals surface area contributed by atoms with E-state index in [9.17, 15) is 9.90 Å². The molecule has 6 heteroatoms. The minimum atomic E-state index is -1.08. The zero-order valence-electron chi connectivity index (χ0n) is 16.5. The second-order valence-electron chi connectivity index (χ2n) is 5.55. The molecule has 0 bridgehead atoms. The van der Waals surface area contributed by atoms with Crippen molar-refractivity contribution in [3.05, 3.63) is 0 Å². The van der Waals surface area contributed by atoms with E-state index in [1.54, 1.807) is 0 Å². The number of carbonyl (C=O) groups excluding carboxylic acids is 1. The molecule has 0 fully saturated rings. The molecule has 0 aliphatic carbocycles. The first-order valence-corrected chi connectivity index (χ1v) is 9.29. The van der Waals surface area contributed by atoms with Gasteiger partial charge in [-0.1, -0.05) is 6.92 Å². The highest BCUT2D eigenvalue weighted by atomic mass is 16.5. The Morgan fingerprint density at radius 1 is 0.792 bits per heavy atom. The fraction of sp³-hybridized carbons (Fsp3) is 0.944. The predicted octanol–water partition coefficient (Wildman–Crippen LogP) is 1.47. The first kappa shape index (κ1) is 25.5. The van der Waals surface area contributed by atoms with E-state index in [0.29, 0.717) is 19.8 Å². The number of hydrogen-bond donors (Lipinski definition) is 0. The summed E-state index contributed by atoms with van der Waals surface area (Å²) in [5.74, 6) is -1.08. The Labute approximate surface area is 148 Å². The lowest BCUT2D eigenvalue weighted by Gasteiger charge is -2.36. The third-order valence-electron chi connectivity index (χ3n) is 3.98. The van der Waals surface area contributed by atoms with Gasteiger partial charge in [-0.15, -0.1) is 0 Å². The lowest BCUT2D eigenvalue weighted by molar-refractivity contribution is -0.925. The molecule has 0 aromatic rings. The van der Waals surface area contributed by atoms with Crippen LogP contribution in [0.5, 0.6) is 0 Å². The van der Waals surface area contributed by atoms with Crippen molar-refractivity contribution in [3.8, 4) is 0 Å². The van der Waals surface area contributed by atoms with Crippen LogP contribution in [-0.2, 0) is 19.0 Å². The van der Waals surface area contributed by atoms with Gasteiger partial charge in [0.05, 0.1) is 46.1 Å². The number of quaternary nitrogens is 1. The maximum Gasteiger partial charge on any atom is 0.102 e. The van der Waals surface area contributed by atoms with Crippen molar-refractivity contribution in [1.82, 2.24) is 0 Å². The third-order valence-corrected chi connectivity index (χ3v) is 3.98. The van der Waals surface area contributed by atoms with Crippen LogP contribution in [0.4, 0.5) is 0 Å². The van der Waals surface area contributed by atoms with Crippen LogP contribution in [0.25, 0.3) is 0 Å². The first-order chi connectivity index (χ1) is 11.5. The molecular formula is C18H39NO5. The summed E-state index contributed by atoms with van der Waals surface area (Å²) >= 11 is 0. The average molecular weight is 350 g/mol. The Hall–Kier alpha value is -0.690. The van der Waals surface area contributed by atoms with E-state index in [-0.39, 0.29) is 13.0 Å². The molecule has 0 amide bonds. The quantitative estimate of drug-likeness (QED) is 0.331. The van der Waals surface area contributed by atoms with Crippen LogP contribution < -0.4 is 5.11 Å². The summed E-state index contributed by atoms with van der Waals surface area (Å²) in [5, 5.41) is 9.87. The monoisotopic (exact) mass is 349 g/mol. The highest BCUT2D eigenvalue weighted by Gasteiger charge is 2.20. The number of rotatable bonds is 15. The van der Waals surface area contributed by atoms with Crippen LogP contribution in [0.2, 0.25) is 0 Å². The average Bonchev–Trinajstić information content (AvgIpc) is 2.58. The summed E-state index contributed by atoms with van der Waals surface area (Å²) in [6.45, 7) is 19.3. The third kappa shape index (κ3) is 16.2. The van der Waals surface area contributed by atoms with Gasteiger partial charge in [0.2, 0.25) is 0 Å². The van der Waals surface area contributed by atoms with Gasteiger partial charge in [-0.2, -0.15) is 0 Å². The number of likely N-dealkylation sites (N-methyl/N-ethyl adjacent to an activating group) is 1. The van der Waals surface area contributed by atoms with Crippen molar-refractivity contribution in [1.29, 1.82) is 0 Å². The zero-order valence-corrected chi connectivity index (χ0v) is 16.5. The van der Waals surface area contributed by atoms with E-state index >= 15 is 0 Å². The van der Waals surface area contributed by atoms with E-state index < -0.39 is 5.97 Å². The maximum absolute atomic E-state index is 9.87. The number of aliphatic carboxylic acids is 1. The van der Waals surface area contributed by atoms with Gasteiger partial charge < -0.3 is 28.6 Å². The van der Waals surface area contributed by atoms with Crippen LogP contribution in [0.3, 0.4) is 0 Å². The number of carbonyl (C=O) groups is 1. The Balaban J connectivity index is 0. The zero-order chi connectivity index (χ0) is 18.7. The smallest absolute Gasteiger partial charge is 0.102 e. The van der Waals surface area contributed by atoms with Crippen molar-refractivity contribution in [2.24, 2.45) is 0 Å². The van der Waals surface area contributed by atoms with Crippen LogP contribution in [0, 0.1) is 0 Å². The Morgan fingerprint density at radius 2 is 1.33 bits per heavy atom. The van der Waals surface area contributed by atoms with Crippen molar-refractivity contribution >= 4 is 5.97 Å². The van der Waals surface area contributed by atoms with Gasteiger partial charge in [0.1, 0.15) is 6.54 Å². The number of carboxylic acid groups (broad SMARTS) is 1. The highest BCUT2D eigenvalue weighted by Crippen LogP contribution is 2.07.